The highest BCUT2D eigenvalue weighted by Crippen LogP contribution is 2.40. The van der Waals surface area contributed by atoms with Crippen molar-refractivity contribution in [2.24, 2.45) is 0 Å². The van der Waals surface area contributed by atoms with Crippen molar-refractivity contribution in [1.29, 1.82) is 0 Å². The maximum atomic E-state index is 14.1. The van der Waals surface area contributed by atoms with Crippen LogP contribution in [-0.4, -0.2) is 30.9 Å². The molecular formula is C15H15ClFNO3. The molecular weight excluding hydrogens is 297 g/mol. The van der Waals surface area contributed by atoms with E-state index in [1.165, 1.54) is 30.2 Å². The molecule has 1 aromatic carbocycles. The number of nitrogens with zero attached hydrogens (tertiary/aromatic N) is 1. The molecule has 4 nitrogen and oxygen atoms in total. The molecule has 1 unspecified atom stereocenters. The fraction of sp³-hybridized carbons (Fsp3) is 0.333. The number of methoxy groups -OCH3 is 1. The van der Waals surface area contributed by atoms with E-state index in [9.17, 15) is 14.0 Å². The van der Waals surface area contributed by atoms with Gasteiger partial charge in [-0.3, -0.25) is 4.79 Å². The molecule has 0 aliphatic carbocycles. The quantitative estimate of drug-likeness (QED) is 0.789. The second-order valence-electron chi connectivity index (χ2n) is 4.84. The zero-order valence-electron chi connectivity index (χ0n) is 11.9. The summed E-state index contributed by atoms with van der Waals surface area (Å²) in [5.41, 5.74) is 0.856. The lowest BCUT2D eigenvalue weighted by Gasteiger charge is -2.32. The number of rotatable bonds is 2. The summed E-state index contributed by atoms with van der Waals surface area (Å²) in [5, 5.41) is 0.187. The van der Waals surface area contributed by atoms with Gasteiger partial charge in [0, 0.05) is 35.7 Å². The minimum Gasteiger partial charge on any atom is -0.466 e. The highest BCUT2D eigenvalue weighted by atomic mass is 35.5. The Morgan fingerprint density at radius 2 is 2.14 bits per heavy atom. The molecule has 1 aliphatic heterocycles. The second-order valence-corrected chi connectivity index (χ2v) is 5.24. The van der Waals surface area contributed by atoms with Crippen LogP contribution in [0, 0.1) is 5.82 Å². The second kappa shape index (κ2) is 5.85. The predicted octanol–water partition coefficient (Wildman–Crippen LogP) is 2.87. The molecule has 0 aromatic heterocycles. The van der Waals surface area contributed by atoms with Gasteiger partial charge in [0.1, 0.15) is 5.82 Å². The van der Waals surface area contributed by atoms with Crippen LogP contribution in [0.2, 0.25) is 5.02 Å². The van der Waals surface area contributed by atoms with Crippen molar-refractivity contribution in [3.05, 3.63) is 45.9 Å². The first-order valence-corrected chi connectivity index (χ1v) is 6.75. The monoisotopic (exact) mass is 311 g/mol. The Kier molecular flexibility index (Phi) is 4.32. The van der Waals surface area contributed by atoms with E-state index in [1.54, 1.807) is 14.0 Å². The topological polar surface area (TPSA) is 46.6 Å². The first kappa shape index (κ1) is 15.5. The van der Waals surface area contributed by atoms with Crippen molar-refractivity contribution in [2.45, 2.75) is 19.3 Å². The highest BCUT2D eigenvalue weighted by molar-refractivity contribution is 6.31. The Labute approximate surface area is 127 Å². The summed E-state index contributed by atoms with van der Waals surface area (Å²) in [5.74, 6) is -2.07. The third-order valence-corrected chi connectivity index (χ3v) is 4.08. The Bertz CT molecular complexity index is 622. The van der Waals surface area contributed by atoms with Crippen molar-refractivity contribution >= 4 is 23.5 Å². The van der Waals surface area contributed by atoms with Crippen LogP contribution in [0.3, 0.4) is 0 Å². The first-order chi connectivity index (χ1) is 9.88. The number of hydrogen-bond acceptors (Lipinski definition) is 3. The molecule has 0 saturated carbocycles. The molecule has 112 valence electrons. The lowest BCUT2D eigenvalue weighted by molar-refractivity contribution is -0.137. The van der Waals surface area contributed by atoms with Gasteiger partial charge in [-0.05, 0) is 19.1 Å². The standard InChI is InChI=1S/C15H15ClFNO3/c1-8-13(15(20)21-3)9(7-12(19)18(8)2)14-10(16)5-4-6-11(14)17/h4-6,9H,7H2,1-3H3. The van der Waals surface area contributed by atoms with Gasteiger partial charge in [-0.2, -0.15) is 0 Å². The zero-order valence-corrected chi connectivity index (χ0v) is 12.7. The van der Waals surface area contributed by atoms with Crippen molar-refractivity contribution < 1.29 is 18.7 Å². The van der Waals surface area contributed by atoms with Crippen LogP contribution in [0.4, 0.5) is 4.39 Å². The van der Waals surface area contributed by atoms with E-state index in [-0.39, 0.29) is 28.5 Å². The number of allylic oxidation sites excluding steroid dienone is 1. The van der Waals surface area contributed by atoms with E-state index in [4.69, 9.17) is 16.3 Å². The number of hydrogen-bond donors (Lipinski definition) is 0. The molecule has 2 rings (SSSR count). The summed E-state index contributed by atoms with van der Waals surface area (Å²) in [4.78, 5) is 25.5. The maximum absolute atomic E-state index is 14.1. The minimum absolute atomic E-state index is 0.0288. The van der Waals surface area contributed by atoms with E-state index in [0.717, 1.165) is 0 Å². The summed E-state index contributed by atoms with van der Waals surface area (Å²) in [6.45, 7) is 1.63. The van der Waals surface area contributed by atoms with Gasteiger partial charge in [0.2, 0.25) is 5.91 Å². The van der Waals surface area contributed by atoms with Crippen molar-refractivity contribution in [3.63, 3.8) is 0 Å². The molecule has 0 bridgehead atoms. The van der Waals surface area contributed by atoms with Gasteiger partial charge in [-0.25, -0.2) is 9.18 Å². The van der Waals surface area contributed by atoms with Gasteiger partial charge >= 0.3 is 5.97 Å². The van der Waals surface area contributed by atoms with Crippen LogP contribution in [0.5, 0.6) is 0 Å². The molecule has 1 aromatic rings. The maximum Gasteiger partial charge on any atom is 0.336 e. The summed E-state index contributed by atoms with van der Waals surface area (Å²) < 4.78 is 18.9. The normalized spacial score (nSPS) is 19.0. The Morgan fingerprint density at radius 3 is 2.71 bits per heavy atom. The summed E-state index contributed by atoms with van der Waals surface area (Å²) in [6.07, 6.45) is -0.0288. The van der Waals surface area contributed by atoms with Gasteiger partial charge in [0.05, 0.1) is 12.7 Å². The molecule has 1 amide bonds. The molecule has 0 spiro atoms. The van der Waals surface area contributed by atoms with Gasteiger partial charge in [0.25, 0.3) is 0 Å². The SMILES string of the molecule is COC(=O)C1=C(C)N(C)C(=O)CC1c1c(F)cccc1Cl. The third-order valence-electron chi connectivity index (χ3n) is 3.75. The number of ether oxygens (including phenoxy) is 1. The van der Waals surface area contributed by atoms with Gasteiger partial charge < -0.3 is 9.64 Å². The Balaban J connectivity index is 2.65. The lowest BCUT2D eigenvalue weighted by atomic mass is 9.83. The largest absolute Gasteiger partial charge is 0.466 e. The van der Waals surface area contributed by atoms with E-state index >= 15 is 0 Å². The fourth-order valence-electron chi connectivity index (χ4n) is 2.52. The Morgan fingerprint density at radius 1 is 1.48 bits per heavy atom. The van der Waals surface area contributed by atoms with Crippen LogP contribution in [0.25, 0.3) is 0 Å². The minimum atomic E-state index is -0.741. The van der Waals surface area contributed by atoms with Gasteiger partial charge in [-0.15, -0.1) is 0 Å². The first-order valence-electron chi connectivity index (χ1n) is 6.38. The smallest absolute Gasteiger partial charge is 0.336 e. The summed E-state index contributed by atoms with van der Waals surface area (Å²) in [7, 11) is 2.82. The van der Waals surface area contributed by atoms with Crippen LogP contribution >= 0.6 is 11.6 Å². The molecule has 0 N–H and O–H groups in total. The van der Waals surface area contributed by atoms with Crippen molar-refractivity contribution in [2.75, 3.05) is 14.2 Å². The van der Waals surface area contributed by atoms with Crippen LogP contribution in [-0.2, 0) is 14.3 Å². The van der Waals surface area contributed by atoms with Crippen molar-refractivity contribution in [1.82, 2.24) is 4.90 Å². The summed E-state index contributed by atoms with van der Waals surface area (Å²) >= 11 is 6.07. The molecule has 21 heavy (non-hydrogen) atoms. The van der Waals surface area contributed by atoms with Gasteiger partial charge in [-0.1, -0.05) is 17.7 Å². The molecule has 0 fully saturated rings. The average molecular weight is 312 g/mol. The molecule has 0 radical (unpaired) electrons. The van der Waals surface area contributed by atoms with Crippen LogP contribution in [0.1, 0.15) is 24.8 Å². The van der Waals surface area contributed by atoms with Crippen molar-refractivity contribution in [3.8, 4) is 0 Å². The lowest BCUT2D eigenvalue weighted by Crippen LogP contribution is -2.36. The number of esters is 1. The number of carbonyl (C=O) groups is 2. The van der Waals surface area contributed by atoms with E-state index in [1.807, 2.05) is 0 Å². The fourth-order valence-corrected chi connectivity index (χ4v) is 2.82. The number of carbonyl (C=O) groups excluding carboxylic acids is 2. The van der Waals surface area contributed by atoms with E-state index in [0.29, 0.717) is 5.70 Å². The molecule has 6 heteroatoms. The molecule has 1 aliphatic rings. The molecule has 0 saturated heterocycles. The number of benzene rings is 1. The zero-order chi connectivity index (χ0) is 15.7. The summed E-state index contributed by atoms with van der Waals surface area (Å²) in [6, 6.07) is 4.27. The molecule has 1 atom stereocenters. The third kappa shape index (κ3) is 2.65. The highest BCUT2D eigenvalue weighted by Gasteiger charge is 2.37. The predicted molar refractivity (Wildman–Crippen MR) is 76.3 cm³/mol. The van der Waals surface area contributed by atoms with E-state index < -0.39 is 17.7 Å². The average Bonchev–Trinajstić information content (AvgIpc) is 2.44. The number of amides is 1. The van der Waals surface area contributed by atoms with Crippen LogP contribution in [0.15, 0.2) is 29.5 Å². The molecule has 1 heterocycles. The van der Waals surface area contributed by atoms with E-state index in [2.05, 4.69) is 0 Å². The van der Waals surface area contributed by atoms with Gasteiger partial charge in [0.15, 0.2) is 0 Å². The number of halogens is 2. The Hall–Kier alpha value is -1.88. The van der Waals surface area contributed by atoms with Crippen LogP contribution < -0.4 is 0 Å².